The lowest BCUT2D eigenvalue weighted by Crippen LogP contribution is -2.42. The van der Waals surface area contributed by atoms with Gasteiger partial charge in [-0.1, -0.05) is 12.8 Å². The molecule has 4 aromatic heterocycles. The predicted octanol–water partition coefficient (Wildman–Crippen LogP) is 3.99. The summed E-state index contributed by atoms with van der Waals surface area (Å²) in [5, 5.41) is 10.9. The molecule has 2 aromatic carbocycles. The molecule has 12 rings (SSSR count). The molecule has 6 fully saturated rings. The Balaban J connectivity index is 0.000000160. The molecule has 6 aliphatic rings. The van der Waals surface area contributed by atoms with Gasteiger partial charge in [-0.25, -0.2) is 56.3 Å². The molecule has 30 nitrogen and oxygen atoms in total. The van der Waals surface area contributed by atoms with Gasteiger partial charge in [0.05, 0.1) is 28.1 Å². The molecule has 0 unspecified atom stereocenters. The first-order valence-electron chi connectivity index (χ1n) is 28.2. The van der Waals surface area contributed by atoms with Gasteiger partial charge in [-0.2, -0.15) is 13.6 Å². The Morgan fingerprint density at radius 3 is 1.52 bits per heavy atom. The van der Waals surface area contributed by atoms with Crippen molar-refractivity contribution in [3.8, 4) is 0 Å². The van der Waals surface area contributed by atoms with Gasteiger partial charge in [0.15, 0.2) is 64.7 Å². The number of likely N-dealkylation sites (N-methyl/N-ethyl adjacent to an activating group) is 2. The molecule has 6 N–H and O–H groups in total. The van der Waals surface area contributed by atoms with Crippen LogP contribution >= 0.6 is 0 Å². The third-order valence-corrected chi connectivity index (χ3v) is 18.7. The lowest BCUT2D eigenvalue weighted by Gasteiger charge is -2.25. The van der Waals surface area contributed by atoms with Gasteiger partial charge < -0.3 is 50.1 Å². The number of amides is 4. The van der Waals surface area contributed by atoms with Crippen LogP contribution in [0, 0.1) is 0 Å². The quantitative estimate of drug-likeness (QED) is 0.0806. The van der Waals surface area contributed by atoms with Gasteiger partial charge in [0.25, 0.3) is 11.8 Å². The first-order valence-corrected chi connectivity index (χ1v) is 31.1. The van der Waals surface area contributed by atoms with Crippen LogP contribution in [-0.4, -0.2) is 176 Å². The van der Waals surface area contributed by atoms with Crippen LogP contribution in [0.5, 0.6) is 0 Å². The van der Waals surface area contributed by atoms with E-state index in [9.17, 15) is 36.0 Å². The number of piperidine rings is 2. The Labute approximate surface area is 495 Å². The molecule has 6 saturated heterocycles. The van der Waals surface area contributed by atoms with E-state index in [-0.39, 0.29) is 33.2 Å². The third kappa shape index (κ3) is 13.0. The SMILES string of the molecule is CCNC(=O)[C@H]1O[C@@H](n2cnc3c(N)ncnc32)[C@@H]2OC(C)(C)O[C@@H]21.CCNC(=O)[C@H]1O[C@@H](n2cnc3c(NC(=O)Nc4ccc(S(=O)(=O)N5CCCCC5)cc4)ncnc32)[C@@H]2OC(C)(C)O[C@@H]21.O=C=Nc1ccc(S(=O)(=O)N2CCCCC2)cc1. The van der Waals surface area contributed by atoms with E-state index in [1.165, 1.54) is 82.2 Å². The van der Waals surface area contributed by atoms with Crippen LogP contribution in [0.1, 0.15) is 92.5 Å². The summed E-state index contributed by atoms with van der Waals surface area (Å²) in [5.74, 6) is -1.86. The molecule has 8 atom stereocenters. The van der Waals surface area contributed by atoms with Gasteiger partial charge >= 0.3 is 6.03 Å². The largest absolute Gasteiger partial charge is 0.382 e. The molecular weight excluding hydrogens is 1160 g/mol. The lowest BCUT2D eigenvalue weighted by atomic mass is 10.1. The second-order valence-electron chi connectivity index (χ2n) is 21.7. The van der Waals surface area contributed by atoms with Crippen molar-refractivity contribution in [2.75, 3.05) is 55.6 Å². The van der Waals surface area contributed by atoms with Crippen molar-refractivity contribution in [2.45, 2.75) is 151 Å². The molecule has 6 aliphatic heterocycles. The van der Waals surface area contributed by atoms with Crippen LogP contribution < -0.4 is 27.0 Å². The number of nitrogens with one attached hydrogen (secondary N) is 4. The van der Waals surface area contributed by atoms with Gasteiger partial charge in [0.2, 0.25) is 26.1 Å². The molecule has 4 amide bonds. The highest BCUT2D eigenvalue weighted by atomic mass is 32.2. The number of fused-ring (bicyclic) bond motifs is 4. The molecule has 0 spiro atoms. The number of carbonyl (C=O) groups is 3. The van der Waals surface area contributed by atoms with Crippen molar-refractivity contribution in [1.29, 1.82) is 0 Å². The number of hydrogen-bond donors (Lipinski definition) is 5. The summed E-state index contributed by atoms with van der Waals surface area (Å²) < 4.78 is 92.8. The zero-order chi connectivity index (χ0) is 61.1. The fourth-order valence-corrected chi connectivity index (χ4v) is 14.0. The normalized spacial score (nSPS) is 25.1. The Morgan fingerprint density at radius 1 is 0.605 bits per heavy atom. The van der Waals surface area contributed by atoms with E-state index in [1.807, 2.05) is 27.7 Å². The Bertz CT molecular complexity index is 3720. The minimum Gasteiger partial charge on any atom is -0.382 e. The van der Waals surface area contributed by atoms with E-state index in [2.05, 4.69) is 56.2 Å². The Kier molecular flexibility index (Phi) is 18.2. The van der Waals surface area contributed by atoms with Crippen molar-refractivity contribution in [2.24, 2.45) is 4.99 Å². The number of imidazole rings is 2. The van der Waals surface area contributed by atoms with Crippen LogP contribution in [0.4, 0.5) is 27.8 Å². The van der Waals surface area contributed by atoms with Gasteiger partial charge in [-0.3, -0.25) is 24.0 Å². The predicted molar refractivity (Wildman–Crippen MR) is 306 cm³/mol. The van der Waals surface area contributed by atoms with Crippen LogP contribution in [0.2, 0.25) is 0 Å². The average Bonchev–Trinajstić information content (AvgIpc) is 1.65. The molecule has 0 bridgehead atoms. The Morgan fingerprint density at radius 2 is 1.05 bits per heavy atom. The molecule has 0 radical (unpaired) electrons. The second kappa shape index (κ2) is 25.5. The summed E-state index contributed by atoms with van der Waals surface area (Å²) in [7, 11) is -6.98. The number of nitrogen functional groups attached to an aromatic ring is 1. The molecule has 32 heteroatoms. The number of rotatable bonds is 13. The molecule has 0 saturated carbocycles. The number of aliphatic imine (C=N–C) groups is 1. The zero-order valence-corrected chi connectivity index (χ0v) is 49.7. The van der Waals surface area contributed by atoms with Crippen LogP contribution in [0.3, 0.4) is 0 Å². The molecular formula is C54H68N16O14S2. The number of anilines is 3. The number of urea groups is 1. The number of ether oxygens (including phenoxy) is 6. The lowest BCUT2D eigenvalue weighted by molar-refractivity contribution is -0.198. The summed E-state index contributed by atoms with van der Waals surface area (Å²) in [6, 6.07) is 11.4. The third-order valence-electron chi connectivity index (χ3n) is 14.8. The maximum Gasteiger partial charge on any atom is 0.324 e. The smallest absolute Gasteiger partial charge is 0.324 e. The van der Waals surface area contributed by atoms with Crippen LogP contribution in [0.15, 0.2) is 88.6 Å². The summed E-state index contributed by atoms with van der Waals surface area (Å²) in [6.45, 7) is 13.9. The molecule has 0 aliphatic carbocycles. The van der Waals surface area contributed by atoms with E-state index >= 15 is 0 Å². The number of nitrogens with zero attached hydrogens (tertiary/aromatic N) is 11. The minimum absolute atomic E-state index is 0.143. The van der Waals surface area contributed by atoms with Crippen molar-refractivity contribution in [3.05, 3.63) is 73.8 Å². The topological polar surface area (TPSA) is 372 Å². The number of sulfonamides is 2. The van der Waals surface area contributed by atoms with E-state index in [4.69, 9.17) is 34.2 Å². The molecule has 460 valence electrons. The van der Waals surface area contributed by atoms with Gasteiger partial charge in [-0.05, 0) is 116 Å². The minimum atomic E-state index is -3.58. The number of hydrogen-bond acceptors (Lipinski definition) is 22. The molecule has 6 aromatic rings. The van der Waals surface area contributed by atoms with E-state index in [0.29, 0.717) is 73.0 Å². The summed E-state index contributed by atoms with van der Waals surface area (Å²) in [6.07, 6.45) is 7.39. The van der Waals surface area contributed by atoms with Gasteiger partial charge in [-0.15, -0.1) is 0 Å². The van der Waals surface area contributed by atoms with Crippen molar-refractivity contribution in [1.82, 2.24) is 58.3 Å². The van der Waals surface area contributed by atoms with Gasteiger partial charge in [0, 0.05) is 45.0 Å². The molecule has 86 heavy (non-hydrogen) atoms. The number of carbonyl (C=O) groups excluding carboxylic acids is 4. The Hall–Kier alpha value is -7.49. The zero-order valence-electron chi connectivity index (χ0n) is 48.1. The van der Waals surface area contributed by atoms with E-state index in [1.54, 1.807) is 29.3 Å². The highest BCUT2D eigenvalue weighted by Gasteiger charge is 2.60. The molecule has 10 heterocycles. The maximum atomic E-state index is 12.9. The van der Waals surface area contributed by atoms with Crippen molar-refractivity contribution >= 4 is 89.3 Å². The number of nitrogens with two attached hydrogens (primary N) is 1. The number of benzene rings is 2. The van der Waals surface area contributed by atoms with Crippen LogP contribution in [0.25, 0.3) is 22.3 Å². The monoisotopic (exact) mass is 1230 g/mol. The maximum absolute atomic E-state index is 12.9. The second-order valence-corrected chi connectivity index (χ2v) is 25.5. The number of isocyanates is 1. The van der Waals surface area contributed by atoms with E-state index < -0.39 is 86.7 Å². The average molecular weight is 1230 g/mol. The summed E-state index contributed by atoms with van der Waals surface area (Å²) in [4.78, 5) is 77.3. The fourth-order valence-electron chi connectivity index (χ4n) is 11.0. The summed E-state index contributed by atoms with van der Waals surface area (Å²) >= 11 is 0. The standard InChI is InChI=1S/C27H34N8O7S.C15H20N6O4.C12H14N2O3S/c1-4-28-24(36)20-19-21(42-27(2,3)41-19)25(40-20)35-15-31-18-22(29-14-30-23(18)35)33-26(37)32-16-8-10-17(11-9-16)43(38,39)34-12-6-5-7-13-34;1-4-17-13(22)9-8-10(25-15(2,3)24-8)14(23-9)21-6-20-7-11(16)18-5-19-12(7)21;15-10-13-11-4-6-12(7-5-11)18(16,17)14-8-2-1-3-9-14/h8-11,14-15,19-21,25H,4-7,12-13H2,1-3H3,(H,28,36)(H2,29,30,32,33,37);5-6,8-10,14H,4H2,1-3H3,(H,17,22)(H2,16,18,19);4-7H,1-3,8-9H2/t19-,20+,21-,25-;8-,9+,10-,14-;/m11./s1. The number of aromatic nitrogens is 8. The van der Waals surface area contributed by atoms with Crippen molar-refractivity contribution < 1.29 is 64.4 Å². The highest BCUT2D eigenvalue weighted by molar-refractivity contribution is 7.89. The highest BCUT2D eigenvalue weighted by Crippen LogP contribution is 2.45. The van der Waals surface area contributed by atoms with E-state index in [0.717, 1.165) is 38.5 Å². The first kappa shape index (κ1) is 61.6. The van der Waals surface area contributed by atoms with Crippen molar-refractivity contribution in [3.63, 3.8) is 0 Å². The first-order chi connectivity index (χ1) is 41.1. The summed E-state index contributed by atoms with van der Waals surface area (Å²) in [5.41, 5.74) is 8.28. The van der Waals surface area contributed by atoms with Crippen LogP contribution in [-0.2, 0) is 62.9 Å². The van der Waals surface area contributed by atoms with Gasteiger partial charge in [0.1, 0.15) is 42.6 Å². The fraction of sp³-hybridized carbons (Fsp3) is 0.519.